The van der Waals surface area contributed by atoms with E-state index in [1.54, 1.807) is 6.20 Å². The van der Waals surface area contributed by atoms with Crippen LogP contribution in [0.5, 0.6) is 0 Å². The van der Waals surface area contributed by atoms with E-state index in [-0.39, 0.29) is 0 Å². The normalized spacial score (nSPS) is 12.1. The number of aliphatic imine (C=N–C) groups is 1. The van der Waals surface area contributed by atoms with Crippen molar-refractivity contribution in [2.75, 3.05) is 0 Å². The predicted molar refractivity (Wildman–Crippen MR) is 287 cm³/mol. The van der Waals surface area contributed by atoms with Crippen molar-refractivity contribution in [3.05, 3.63) is 230 Å². The first-order valence-electron chi connectivity index (χ1n) is 22.4. The molecule has 12 rings (SSSR count). The first-order chi connectivity index (χ1) is 32.6. The predicted octanol–water partition coefficient (Wildman–Crippen LogP) is 18.0. The Labute approximate surface area is 387 Å². The Morgan fingerprint density at radius 2 is 1.00 bits per heavy atom. The maximum absolute atomic E-state index is 4.50. The van der Waals surface area contributed by atoms with Crippen molar-refractivity contribution in [2.24, 2.45) is 4.99 Å². The molecule has 66 heavy (non-hydrogen) atoms. The number of allylic oxidation sites excluding steroid dienone is 3. The number of hydrogen-bond donors (Lipinski definition) is 0. The van der Waals surface area contributed by atoms with Crippen LogP contribution in [0.3, 0.4) is 0 Å². The van der Waals surface area contributed by atoms with Crippen LogP contribution in [0.4, 0.5) is 0 Å². The SMILES string of the molecule is C=N/C=C\C=C(/C)c1cc(-c2cccnc2)cc(-c2c3ccccc3c(-c3cccc4sc5cc(-c6c7ccccc7c(-c7ccccc7)c7ccccc67)ccc5c34)c3ccccc23)c1. The molecule has 0 unspecified atom stereocenters. The van der Waals surface area contributed by atoms with E-state index in [2.05, 4.69) is 218 Å². The average Bonchev–Trinajstić information content (AvgIpc) is 3.76. The highest BCUT2D eigenvalue weighted by Gasteiger charge is 2.22. The summed E-state index contributed by atoms with van der Waals surface area (Å²) in [5.74, 6) is 0. The van der Waals surface area contributed by atoms with Gasteiger partial charge in [-0.3, -0.25) is 9.98 Å². The zero-order chi connectivity index (χ0) is 44.1. The first-order valence-corrected chi connectivity index (χ1v) is 23.2. The summed E-state index contributed by atoms with van der Waals surface area (Å²) in [5.41, 5.74) is 14.4. The van der Waals surface area contributed by atoms with Gasteiger partial charge in [0.15, 0.2) is 0 Å². The fourth-order valence-corrected chi connectivity index (χ4v) is 11.5. The highest BCUT2D eigenvalue weighted by Crippen LogP contribution is 2.50. The van der Waals surface area contributed by atoms with Crippen LogP contribution in [0, 0.1) is 0 Å². The van der Waals surface area contributed by atoms with Gasteiger partial charge in [0, 0.05) is 44.3 Å². The minimum absolute atomic E-state index is 1.08. The maximum atomic E-state index is 4.50. The Morgan fingerprint density at radius 1 is 0.455 bits per heavy atom. The van der Waals surface area contributed by atoms with Crippen LogP contribution in [0.2, 0.25) is 0 Å². The fourth-order valence-electron chi connectivity index (χ4n) is 10.3. The van der Waals surface area contributed by atoms with Crippen molar-refractivity contribution < 1.29 is 0 Å². The summed E-state index contributed by atoms with van der Waals surface area (Å²) in [5, 5.41) is 12.5. The van der Waals surface area contributed by atoms with Gasteiger partial charge in [-0.2, -0.15) is 0 Å². The molecule has 2 heterocycles. The number of hydrogen-bond acceptors (Lipinski definition) is 3. The molecule has 0 aliphatic carbocycles. The van der Waals surface area contributed by atoms with E-state index in [0.717, 1.165) is 27.8 Å². The third-order valence-electron chi connectivity index (χ3n) is 13.2. The second kappa shape index (κ2) is 16.4. The summed E-state index contributed by atoms with van der Waals surface area (Å²) in [6.45, 7) is 5.78. The van der Waals surface area contributed by atoms with Crippen LogP contribution in [0.1, 0.15) is 12.5 Å². The van der Waals surface area contributed by atoms with Crippen LogP contribution < -0.4 is 0 Å². The van der Waals surface area contributed by atoms with Gasteiger partial charge < -0.3 is 0 Å². The van der Waals surface area contributed by atoms with E-state index < -0.39 is 0 Å². The lowest BCUT2D eigenvalue weighted by molar-refractivity contribution is 1.33. The first kappa shape index (κ1) is 39.4. The van der Waals surface area contributed by atoms with Gasteiger partial charge in [0.05, 0.1) is 0 Å². The third kappa shape index (κ3) is 6.55. The van der Waals surface area contributed by atoms with Gasteiger partial charge in [0.2, 0.25) is 0 Å². The van der Waals surface area contributed by atoms with Gasteiger partial charge in [-0.05, 0) is 160 Å². The topological polar surface area (TPSA) is 25.2 Å². The van der Waals surface area contributed by atoms with E-state index in [4.69, 9.17) is 0 Å². The molecule has 2 nitrogen and oxygen atoms in total. The van der Waals surface area contributed by atoms with Crippen molar-refractivity contribution >= 4 is 86.9 Å². The molecule has 0 aliphatic rings. The van der Waals surface area contributed by atoms with Crippen LogP contribution in [-0.2, 0) is 0 Å². The molecule has 10 aromatic carbocycles. The highest BCUT2D eigenvalue weighted by atomic mass is 32.1. The van der Waals surface area contributed by atoms with E-state index >= 15 is 0 Å². The van der Waals surface area contributed by atoms with E-state index in [1.165, 1.54) is 102 Å². The molecule has 0 spiro atoms. The Morgan fingerprint density at radius 3 is 1.59 bits per heavy atom. The molecule has 0 aliphatic heterocycles. The standard InChI is InChI=1S/C63H42N2S/c1-40(17-15-33-64-2)44-35-45(43-20-16-34-65-39-43)37-46(36-44)61-51-25-10-12-27-53(51)62(54-28-13-11-26-52(54)61)56-29-14-30-57-63(56)55-32-31-42(38-58(55)66-57)60-49-23-8-6-21-47(49)59(41-18-4-3-5-19-41)48-22-7-9-24-50(48)60/h3-39H,2H2,1H3/b33-15-,40-17+. The van der Waals surface area contributed by atoms with Crippen LogP contribution >= 0.6 is 11.3 Å². The van der Waals surface area contributed by atoms with Crippen molar-refractivity contribution in [1.29, 1.82) is 0 Å². The Bertz CT molecular complexity index is 3840. The molecule has 0 saturated heterocycles. The molecule has 2 aromatic heterocycles. The lowest BCUT2D eigenvalue weighted by Gasteiger charge is -2.20. The Hall–Kier alpha value is -8.24. The second-order valence-corrected chi connectivity index (χ2v) is 18.0. The fraction of sp³-hybridized carbons (Fsp3) is 0.0159. The van der Waals surface area contributed by atoms with E-state index in [1.807, 2.05) is 35.9 Å². The molecular formula is C63H42N2S. The average molecular weight is 859 g/mol. The van der Waals surface area contributed by atoms with Crippen molar-refractivity contribution in [3.63, 3.8) is 0 Å². The molecule has 0 saturated carbocycles. The quantitative estimate of drug-likeness (QED) is 0.0849. The van der Waals surface area contributed by atoms with Crippen molar-refractivity contribution in [1.82, 2.24) is 4.98 Å². The van der Waals surface area contributed by atoms with E-state index in [9.17, 15) is 0 Å². The molecule has 0 N–H and O–H groups in total. The highest BCUT2D eigenvalue weighted by molar-refractivity contribution is 7.26. The van der Waals surface area contributed by atoms with Crippen LogP contribution in [0.15, 0.2) is 230 Å². The molecule has 0 radical (unpaired) electrons. The minimum Gasteiger partial charge on any atom is -0.273 e. The lowest BCUT2D eigenvalue weighted by atomic mass is 9.83. The van der Waals surface area contributed by atoms with Crippen LogP contribution in [0.25, 0.3) is 124 Å². The smallest absolute Gasteiger partial charge is 0.0361 e. The summed E-state index contributed by atoms with van der Waals surface area (Å²) < 4.78 is 2.56. The van der Waals surface area contributed by atoms with Gasteiger partial charge in [0.25, 0.3) is 0 Å². The van der Waals surface area contributed by atoms with Crippen LogP contribution in [-0.4, -0.2) is 11.7 Å². The van der Waals surface area contributed by atoms with E-state index in [0.29, 0.717) is 0 Å². The zero-order valence-corrected chi connectivity index (χ0v) is 37.2. The number of nitrogens with zero attached hydrogens (tertiary/aromatic N) is 2. The summed E-state index contributed by atoms with van der Waals surface area (Å²) in [6, 6.07) is 71.7. The summed E-state index contributed by atoms with van der Waals surface area (Å²) in [7, 11) is 0. The minimum atomic E-state index is 1.08. The Balaban J connectivity index is 1.08. The third-order valence-corrected chi connectivity index (χ3v) is 14.3. The van der Waals surface area contributed by atoms with Gasteiger partial charge >= 0.3 is 0 Å². The summed E-state index contributed by atoms with van der Waals surface area (Å²) in [4.78, 5) is 8.43. The molecule has 0 fully saturated rings. The Kier molecular flexibility index (Phi) is 9.78. The molecule has 0 atom stereocenters. The number of aromatic nitrogens is 1. The van der Waals surface area contributed by atoms with Crippen molar-refractivity contribution in [3.8, 4) is 55.6 Å². The molecule has 12 aromatic rings. The van der Waals surface area contributed by atoms with Gasteiger partial charge in [0.1, 0.15) is 0 Å². The van der Waals surface area contributed by atoms with Gasteiger partial charge in [-0.25, -0.2) is 0 Å². The molecule has 0 amide bonds. The summed E-state index contributed by atoms with van der Waals surface area (Å²) in [6.07, 6.45) is 9.54. The zero-order valence-electron chi connectivity index (χ0n) is 36.4. The van der Waals surface area contributed by atoms with Gasteiger partial charge in [-0.1, -0.05) is 164 Å². The maximum Gasteiger partial charge on any atom is 0.0361 e. The number of thiophene rings is 1. The second-order valence-electron chi connectivity index (χ2n) is 17.0. The molecule has 310 valence electrons. The molecule has 0 bridgehead atoms. The lowest BCUT2D eigenvalue weighted by Crippen LogP contribution is -1.93. The molecular weight excluding hydrogens is 817 g/mol. The monoisotopic (exact) mass is 858 g/mol. The number of pyridine rings is 1. The van der Waals surface area contributed by atoms with Gasteiger partial charge in [-0.15, -0.1) is 11.3 Å². The number of benzene rings is 10. The largest absolute Gasteiger partial charge is 0.273 e. The molecule has 3 heteroatoms. The summed E-state index contributed by atoms with van der Waals surface area (Å²) >= 11 is 1.89. The van der Waals surface area contributed by atoms with Crippen molar-refractivity contribution in [2.45, 2.75) is 6.92 Å². The number of rotatable bonds is 8. The number of fused-ring (bicyclic) bond motifs is 7.